The largest absolute Gasteiger partial charge is 0.387 e. The zero-order valence-electron chi connectivity index (χ0n) is 9.96. The molecule has 1 amide bonds. The van der Waals surface area contributed by atoms with Gasteiger partial charge in [-0.15, -0.1) is 0 Å². The van der Waals surface area contributed by atoms with Gasteiger partial charge in [0.25, 0.3) is 0 Å². The van der Waals surface area contributed by atoms with Crippen molar-refractivity contribution in [3.63, 3.8) is 0 Å². The third kappa shape index (κ3) is 8.72. The van der Waals surface area contributed by atoms with Crippen LogP contribution in [0.1, 0.15) is 27.2 Å². The van der Waals surface area contributed by atoms with E-state index in [1.54, 1.807) is 32.5 Å². The first-order valence-corrected chi connectivity index (χ1v) is 6.32. The molecular formula is C10H22N2O2S. The summed E-state index contributed by atoms with van der Waals surface area (Å²) >= 11 is 1.55. The molecule has 0 fully saturated rings. The van der Waals surface area contributed by atoms with Crippen molar-refractivity contribution >= 4 is 17.7 Å². The Balaban J connectivity index is 3.90. The van der Waals surface area contributed by atoms with Gasteiger partial charge in [0.1, 0.15) is 0 Å². The molecule has 0 aromatic heterocycles. The summed E-state index contributed by atoms with van der Waals surface area (Å²) in [5.41, 5.74) is 4.35. The van der Waals surface area contributed by atoms with Crippen LogP contribution in [0.2, 0.25) is 0 Å². The van der Waals surface area contributed by atoms with Crippen molar-refractivity contribution < 1.29 is 9.90 Å². The highest BCUT2D eigenvalue weighted by Crippen LogP contribution is 2.09. The Morgan fingerprint density at radius 3 is 2.40 bits per heavy atom. The summed E-state index contributed by atoms with van der Waals surface area (Å²) in [5, 5.41) is 12.5. The van der Waals surface area contributed by atoms with Gasteiger partial charge in [0, 0.05) is 24.3 Å². The first-order chi connectivity index (χ1) is 6.66. The molecule has 15 heavy (non-hydrogen) atoms. The van der Waals surface area contributed by atoms with Crippen LogP contribution in [0.15, 0.2) is 0 Å². The highest BCUT2D eigenvalue weighted by molar-refractivity contribution is 7.98. The van der Waals surface area contributed by atoms with Gasteiger partial charge in [-0.25, -0.2) is 0 Å². The van der Waals surface area contributed by atoms with E-state index < -0.39 is 11.1 Å². The summed E-state index contributed by atoms with van der Waals surface area (Å²) < 4.78 is 0. The fourth-order valence-electron chi connectivity index (χ4n) is 1.13. The first kappa shape index (κ1) is 14.7. The van der Waals surface area contributed by atoms with Crippen molar-refractivity contribution in [3.8, 4) is 0 Å². The minimum absolute atomic E-state index is 0.121. The van der Waals surface area contributed by atoms with E-state index in [4.69, 9.17) is 5.73 Å². The zero-order chi connectivity index (χ0) is 12.1. The van der Waals surface area contributed by atoms with Gasteiger partial charge >= 0.3 is 0 Å². The molecule has 0 rings (SSSR count). The van der Waals surface area contributed by atoms with E-state index in [-0.39, 0.29) is 18.9 Å². The number of carbonyl (C=O) groups excluding carboxylic acids is 1. The quantitative estimate of drug-likeness (QED) is 0.619. The third-order valence-corrected chi connectivity index (χ3v) is 2.65. The lowest BCUT2D eigenvalue weighted by Crippen LogP contribution is -2.45. The summed E-state index contributed by atoms with van der Waals surface area (Å²) in [5.74, 6) is 0.475. The molecule has 90 valence electrons. The lowest BCUT2D eigenvalue weighted by Gasteiger charge is -2.24. The lowest BCUT2D eigenvalue weighted by atomic mass is 10.0. The summed E-state index contributed by atoms with van der Waals surface area (Å²) in [4.78, 5) is 11.4. The Bertz CT molecular complexity index is 212. The standard InChI is InChI=1S/C10H22N2O2S/c1-9(2,11)5-8(13)12-6-10(3,14)7-15-4/h14H,5-7,11H2,1-4H3,(H,12,13). The van der Waals surface area contributed by atoms with E-state index in [1.165, 1.54) is 0 Å². The Labute approximate surface area is 96.0 Å². The van der Waals surface area contributed by atoms with E-state index in [9.17, 15) is 9.90 Å². The average molecular weight is 234 g/mol. The topological polar surface area (TPSA) is 75.3 Å². The second-order valence-corrected chi connectivity index (χ2v) is 5.74. The average Bonchev–Trinajstić information content (AvgIpc) is 1.98. The second kappa shape index (κ2) is 5.72. The summed E-state index contributed by atoms with van der Waals surface area (Å²) in [6.07, 6.45) is 2.18. The molecule has 4 nitrogen and oxygen atoms in total. The molecule has 0 radical (unpaired) electrons. The Hall–Kier alpha value is -0.260. The van der Waals surface area contributed by atoms with Gasteiger partial charge in [-0.3, -0.25) is 4.79 Å². The molecule has 0 aliphatic carbocycles. The van der Waals surface area contributed by atoms with E-state index in [1.807, 2.05) is 6.26 Å². The van der Waals surface area contributed by atoms with Crippen molar-refractivity contribution in [1.82, 2.24) is 5.32 Å². The Morgan fingerprint density at radius 2 is 2.00 bits per heavy atom. The number of rotatable bonds is 6. The Morgan fingerprint density at radius 1 is 1.47 bits per heavy atom. The molecule has 1 atom stereocenters. The number of aliphatic hydroxyl groups is 1. The van der Waals surface area contributed by atoms with Crippen molar-refractivity contribution in [1.29, 1.82) is 0 Å². The molecule has 0 heterocycles. The van der Waals surface area contributed by atoms with Crippen LogP contribution in [0.3, 0.4) is 0 Å². The highest BCUT2D eigenvalue weighted by Gasteiger charge is 2.22. The smallest absolute Gasteiger partial charge is 0.221 e. The molecule has 0 aromatic rings. The van der Waals surface area contributed by atoms with Crippen LogP contribution in [0, 0.1) is 0 Å². The Kier molecular flexibility index (Phi) is 5.62. The maximum Gasteiger partial charge on any atom is 0.221 e. The monoisotopic (exact) mass is 234 g/mol. The molecule has 5 heteroatoms. The molecule has 0 bridgehead atoms. The van der Waals surface area contributed by atoms with E-state index in [0.717, 1.165) is 0 Å². The lowest BCUT2D eigenvalue weighted by molar-refractivity contribution is -0.123. The van der Waals surface area contributed by atoms with Gasteiger partial charge in [-0.2, -0.15) is 11.8 Å². The maximum atomic E-state index is 11.4. The minimum atomic E-state index is -0.853. The molecule has 0 spiro atoms. The van der Waals surface area contributed by atoms with Crippen molar-refractivity contribution in [2.24, 2.45) is 5.73 Å². The number of hydrogen-bond acceptors (Lipinski definition) is 4. The van der Waals surface area contributed by atoms with Crippen LogP contribution in [-0.2, 0) is 4.79 Å². The number of nitrogens with one attached hydrogen (secondary N) is 1. The molecular weight excluding hydrogens is 212 g/mol. The first-order valence-electron chi connectivity index (χ1n) is 4.93. The van der Waals surface area contributed by atoms with Gasteiger partial charge in [0.2, 0.25) is 5.91 Å². The van der Waals surface area contributed by atoms with Crippen LogP contribution in [0.5, 0.6) is 0 Å². The summed E-state index contributed by atoms with van der Waals surface area (Å²) in [6.45, 7) is 5.57. The van der Waals surface area contributed by atoms with Crippen LogP contribution >= 0.6 is 11.8 Å². The maximum absolute atomic E-state index is 11.4. The molecule has 0 saturated carbocycles. The molecule has 0 aliphatic heterocycles. The SMILES string of the molecule is CSCC(C)(O)CNC(=O)CC(C)(C)N. The van der Waals surface area contributed by atoms with Crippen LogP contribution < -0.4 is 11.1 Å². The van der Waals surface area contributed by atoms with E-state index in [2.05, 4.69) is 5.32 Å². The fraction of sp³-hybridized carbons (Fsp3) is 0.900. The number of thioether (sulfide) groups is 1. The summed E-state index contributed by atoms with van der Waals surface area (Å²) in [7, 11) is 0. The minimum Gasteiger partial charge on any atom is -0.387 e. The predicted octanol–water partition coefficient (Wildman–Crippen LogP) is 0.344. The van der Waals surface area contributed by atoms with E-state index >= 15 is 0 Å². The van der Waals surface area contributed by atoms with Gasteiger partial charge in [-0.05, 0) is 27.0 Å². The van der Waals surface area contributed by atoms with E-state index in [0.29, 0.717) is 5.75 Å². The normalized spacial score (nSPS) is 15.9. The van der Waals surface area contributed by atoms with Crippen LogP contribution in [0.4, 0.5) is 0 Å². The van der Waals surface area contributed by atoms with Gasteiger partial charge in [0.05, 0.1) is 5.60 Å². The predicted molar refractivity (Wildman–Crippen MR) is 64.9 cm³/mol. The van der Waals surface area contributed by atoms with Gasteiger partial charge < -0.3 is 16.2 Å². The van der Waals surface area contributed by atoms with Crippen molar-refractivity contribution in [3.05, 3.63) is 0 Å². The fourth-order valence-corrected chi connectivity index (χ4v) is 1.85. The molecule has 0 aliphatic rings. The molecule has 4 N–H and O–H groups in total. The van der Waals surface area contributed by atoms with Crippen molar-refractivity contribution in [2.45, 2.75) is 38.3 Å². The third-order valence-electron chi connectivity index (χ3n) is 1.74. The number of carbonyl (C=O) groups is 1. The van der Waals surface area contributed by atoms with Gasteiger partial charge in [0.15, 0.2) is 0 Å². The highest BCUT2D eigenvalue weighted by atomic mass is 32.2. The zero-order valence-corrected chi connectivity index (χ0v) is 10.8. The number of nitrogens with two attached hydrogens (primary N) is 1. The van der Waals surface area contributed by atoms with Gasteiger partial charge in [-0.1, -0.05) is 0 Å². The molecule has 0 saturated heterocycles. The van der Waals surface area contributed by atoms with Crippen LogP contribution in [-0.4, -0.2) is 40.7 Å². The van der Waals surface area contributed by atoms with Crippen LogP contribution in [0.25, 0.3) is 0 Å². The summed E-state index contributed by atoms with van der Waals surface area (Å²) in [6, 6.07) is 0. The number of hydrogen-bond donors (Lipinski definition) is 3. The second-order valence-electron chi connectivity index (χ2n) is 4.87. The molecule has 0 aromatic carbocycles. The number of amides is 1. The van der Waals surface area contributed by atoms with Crippen molar-refractivity contribution in [2.75, 3.05) is 18.6 Å². The molecule has 1 unspecified atom stereocenters.